The van der Waals surface area contributed by atoms with E-state index in [1.165, 1.54) is 30.1 Å². The van der Waals surface area contributed by atoms with Crippen LogP contribution in [-0.2, 0) is 6.61 Å². The number of methoxy groups -OCH3 is 2. The van der Waals surface area contributed by atoms with E-state index in [-0.39, 0.29) is 23.6 Å². The molecule has 0 aliphatic carbocycles. The van der Waals surface area contributed by atoms with E-state index in [4.69, 9.17) is 28.7 Å². The van der Waals surface area contributed by atoms with E-state index in [0.717, 1.165) is 10.9 Å². The van der Waals surface area contributed by atoms with Crippen LogP contribution in [0, 0.1) is 0 Å². The number of furan rings is 1. The van der Waals surface area contributed by atoms with Crippen molar-refractivity contribution in [3.63, 3.8) is 0 Å². The maximum absolute atomic E-state index is 13.7. The minimum atomic E-state index is -0.994. The minimum Gasteiger partial charge on any atom is -0.496 e. The number of carbonyl (C=O) groups is 1. The zero-order valence-corrected chi connectivity index (χ0v) is 25.1. The molecule has 0 atom stereocenters. The Hall–Kier alpha value is -5.42. The first-order chi connectivity index (χ1) is 21.4. The highest BCUT2D eigenvalue weighted by molar-refractivity contribution is 9.10. The van der Waals surface area contributed by atoms with Crippen LogP contribution in [0.2, 0.25) is 0 Å². The van der Waals surface area contributed by atoms with Gasteiger partial charge in [-0.15, -0.1) is 0 Å². The maximum Gasteiger partial charge on any atom is 0.335 e. The van der Waals surface area contributed by atoms with Gasteiger partial charge in [-0.2, -0.15) is 9.78 Å². The van der Waals surface area contributed by atoms with Crippen LogP contribution in [0.5, 0.6) is 17.2 Å². The first kappa shape index (κ1) is 28.7. The van der Waals surface area contributed by atoms with E-state index >= 15 is 0 Å². The van der Waals surface area contributed by atoms with E-state index < -0.39 is 5.97 Å². The molecule has 2 aromatic heterocycles. The first-order valence-corrected chi connectivity index (χ1v) is 14.1. The molecule has 2 heterocycles. The van der Waals surface area contributed by atoms with Gasteiger partial charge >= 0.3 is 5.97 Å². The van der Waals surface area contributed by atoms with Crippen LogP contribution in [0.15, 0.2) is 104 Å². The molecule has 10 nitrogen and oxygen atoms in total. The standard InChI is InChI=1S/C33H24BrN3O7/c1-41-26-8-5-9-27-23(26)15-30(44-27)31-36-25-7-4-3-6-22(25)32(38)37(31)35-17-21-14-28(42-2)29(16-24(21)34)43-18-19-10-12-20(13-11-19)33(39)40/h3-17H,18H2,1-2H3,(H,39,40). The molecule has 0 amide bonds. The summed E-state index contributed by atoms with van der Waals surface area (Å²) in [6.45, 7) is 0.194. The monoisotopic (exact) mass is 653 g/mol. The normalized spacial score (nSPS) is 11.3. The van der Waals surface area contributed by atoms with Crippen LogP contribution in [-0.4, -0.2) is 41.2 Å². The number of aromatic nitrogens is 2. The van der Waals surface area contributed by atoms with Crippen LogP contribution in [0.1, 0.15) is 21.5 Å². The third kappa shape index (κ3) is 5.52. The number of nitrogens with zero attached hydrogens (tertiary/aromatic N) is 3. The summed E-state index contributed by atoms with van der Waals surface area (Å²) in [5.74, 6) is 1.10. The zero-order chi connectivity index (χ0) is 30.8. The van der Waals surface area contributed by atoms with E-state index in [2.05, 4.69) is 21.0 Å². The number of benzene rings is 4. The van der Waals surface area contributed by atoms with Crippen molar-refractivity contribution in [1.82, 2.24) is 9.66 Å². The molecule has 6 aromatic rings. The third-order valence-corrected chi connectivity index (χ3v) is 7.59. The predicted molar refractivity (Wildman–Crippen MR) is 169 cm³/mol. The average Bonchev–Trinajstić information content (AvgIpc) is 3.48. The van der Waals surface area contributed by atoms with Crippen molar-refractivity contribution in [2.75, 3.05) is 14.2 Å². The lowest BCUT2D eigenvalue weighted by molar-refractivity contribution is 0.0697. The third-order valence-electron chi connectivity index (χ3n) is 6.91. The van der Waals surface area contributed by atoms with Gasteiger partial charge in [0.15, 0.2) is 17.3 Å². The second-order valence-corrected chi connectivity index (χ2v) is 10.5. The lowest BCUT2D eigenvalue weighted by Crippen LogP contribution is -2.20. The Bertz CT molecular complexity index is 2120. The molecular weight excluding hydrogens is 630 g/mol. The second kappa shape index (κ2) is 12.1. The van der Waals surface area contributed by atoms with Gasteiger partial charge in [0, 0.05) is 10.0 Å². The van der Waals surface area contributed by atoms with E-state index in [1.54, 1.807) is 55.6 Å². The molecule has 0 spiro atoms. The fourth-order valence-corrected chi connectivity index (χ4v) is 5.08. The summed E-state index contributed by atoms with van der Waals surface area (Å²) in [6.07, 6.45) is 1.52. The SMILES string of the molecule is COc1cc(C=Nn2c(-c3cc4c(OC)cccc4o3)nc3ccccc3c2=O)c(Br)cc1OCc1ccc(C(=O)O)cc1. The second-order valence-electron chi connectivity index (χ2n) is 9.61. The Labute approximate surface area is 258 Å². The molecule has 0 aliphatic heterocycles. The largest absolute Gasteiger partial charge is 0.496 e. The summed E-state index contributed by atoms with van der Waals surface area (Å²) >= 11 is 3.57. The van der Waals surface area contributed by atoms with Crippen LogP contribution >= 0.6 is 15.9 Å². The lowest BCUT2D eigenvalue weighted by atomic mass is 10.1. The van der Waals surface area contributed by atoms with Crippen molar-refractivity contribution in [3.8, 4) is 28.8 Å². The molecular formula is C33H24BrN3O7. The summed E-state index contributed by atoms with van der Waals surface area (Å²) in [5, 5.41) is 14.8. The molecule has 0 aliphatic rings. The summed E-state index contributed by atoms with van der Waals surface area (Å²) in [5.41, 5.74) is 2.31. The number of carboxylic acids is 1. The van der Waals surface area contributed by atoms with Crippen molar-refractivity contribution < 1.29 is 28.5 Å². The molecule has 0 saturated carbocycles. The van der Waals surface area contributed by atoms with Gasteiger partial charge in [-0.1, -0.05) is 30.3 Å². The molecule has 44 heavy (non-hydrogen) atoms. The number of halogens is 1. The molecule has 6 rings (SSSR count). The number of aromatic carboxylic acids is 1. The maximum atomic E-state index is 13.7. The topological polar surface area (TPSA) is 125 Å². The molecule has 0 radical (unpaired) electrons. The molecule has 0 fully saturated rings. The van der Waals surface area contributed by atoms with Crippen LogP contribution in [0.25, 0.3) is 33.5 Å². The molecule has 0 bridgehead atoms. The fraction of sp³-hybridized carbons (Fsp3) is 0.0909. The van der Waals surface area contributed by atoms with Crippen molar-refractivity contribution in [2.24, 2.45) is 5.10 Å². The van der Waals surface area contributed by atoms with Gasteiger partial charge < -0.3 is 23.7 Å². The smallest absolute Gasteiger partial charge is 0.335 e. The highest BCUT2D eigenvalue weighted by Crippen LogP contribution is 2.35. The Balaban J connectivity index is 1.37. The Morgan fingerprint density at radius 2 is 1.73 bits per heavy atom. The van der Waals surface area contributed by atoms with Crippen molar-refractivity contribution in [2.45, 2.75) is 6.61 Å². The number of carboxylic acid groups (broad SMARTS) is 1. The average molecular weight is 654 g/mol. The number of ether oxygens (including phenoxy) is 3. The first-order valence-electron chi connectivity index (χ1n) is 13.3. The molecule has 220 valence electrons. The van der Waals surface area contributed by atoms with Gasteiger partial charge in [0.25, 0.3) is 5.56 Å². The van der Waals surface area contributed by atoms with Crippen molar-refractivity contribution in [3.05, 3.63) is 116 Å². The van der Waals surface area contributed by atoms with Crippen molar-refractivity contribution >= 4 is 50.0 Å². The van der Waals surface area contributed by atoms with E-state index in [0.29, 0.717) is 49.5 Å². The molecule has 0 unspecified atom stereocenters. The highest BCUT2D eigenvalue weighted by Gasteiger charge is 2.18. The van der Waals surface area contributed by atoms with Crippen LogP contribution in [0.3, 0.4) is 0 Å². The molecule has 4 aromatic carbocycles. The Kier molecular flexibility index (Phi) is 7.86. The van der Waals surface area contributed by atoms with E-state index in [1.807, 2.05) is 24.3 Å². The number of hydrogen-bond donors (Lipinski definition) is 1. The number of rotatable bonds is 9. The van der Waals surface area contributed by atoms with Gasteiger partial charge in [0.1, 0.15) is 17.9 Å². The summed E-state index contributed by atoms with van der Waals surface area (Å²) in [6, 6.07) is 24.2. The van der Waals surface area contributed by atoms with Gasteiger partial charge in [-0.3, -0.25) is 4.79 Å². The molecule has 0 saturated heterocycles. The Morgan fingerprint density at radius 1 is 0.955 bits per heavy atom. The predicted octanol–water partition coefficient (Wildman–Crippen LogP) is 6.75. The number of hydrogen-bond acceptors (Lipinski definition) is 8. The van der Waals surface area contributed by atoms with Gasteiger partial charge in [-0.25, -0.2) is 9.78 Å². The fourth-order valence-electron chi connectivity index (χ4n) is 4.66. The Morgan fingerprint density at radius 3 is 2.48 bits per heavy atom. The van der Waals surface area contributed by atoms with E-state index in [9.17, 15) is 9.59 Å². The highest BCUT2D eigenvalue weighted by atomic mass is 79.9. The van der Waals surface area contributed by atoms with Crippen molar-refractivity contribution in [1.29, 1.82) is 0 Å². The van der Waals surface area contributed by atoms with Gasteiger partial charge in [-0.05, 0) is 76.1 Å². The summed E-state index contributed by atoms with van der Waals surface area (Å²) in [4.78, 5) is 29.5. The summed E-state index contributed by atoms with van der Waals surface area (Å²) in [7, 11) is 3.10. The summed E-state index contributed by atoms with van der Waals surface area (Å²) < 4.78 is 25.0. The quantitative estimate of drug-likeness (QED) is 0.170. The van der Waals surface area contributed by atoms with Gasteiger partial charge in [0.05, 0.1) is 42.3 Å². The van der Waals surface area contributed by atoms with Crippen LogP contribution in [0.4, 0.5) is 0 Å². The molecule has 11 heteroatoms. The van der Waals surface area contributed by atoms with Gasteiger partial charge in [0.2, 0.25) is 5.82 Å². The number of fused-ring (bicyclic) bond motifs is 2. The number of para-hydroxylation sites is 1. The molecule has 1 N–H and O–H groups in total. The lowest BCUT2D eigenvalue weighted by Gasteiger charge is -2.13. The van der Waals surface area contributed by atoms with Crippen LogP contribution < -0.4 is 19.8 Å². The minimum absolute atomic E-state index is 0.194. The zero-order valence-electron chi connectivity index (χ0n) is 23.5.